The summed E-state index contributed by atoms with van der Waals surface area (Å²) in [5.41, 5.74) is -0.217. The highest BCUT2D eigenvalue weighted by molar-refractivity contribution is 7.77. The Morgan fingerprint density at radius 3 is 2.54 bits per heavy atom. The molecule has 2 aliphatic rings. The molecule has 2 saturated heterocycles. The molecule has 4 nitrogen and oxygen atoms in total. The average molecular weight is 202 g/mol. The van der Waals surface area contributed by atoms with E-state index >= 15 is 0 Å². The summed E-state index contributed by atoms with van der Waals surface area (Å²) in [6.07, 6.45) is 1.60. The molecule has 1 amide bonds. The van der Waals surface area contributed by atoms with Crippen LogP contribution in [0.4, 0.5) is 4.79 Å². The highest BCUT2D eigenvalue weighted by atomic mass is 32.1. The van der Waals surface area contributed by atoms with Gasteiger partial charge in [-0.2, -0.15) is 0 Å². The zero-order valence-electron chi connectivity index (χ0n) is 7.69. The number of hydrogen-bond acceptors (Lipinski definition) is 4. The number of piperidine rings is 1. The molecule has 5 heteroatoms. The van der Waals surface area contributed by atoms with Crippen molar-refractivity contribution >= 4 is 18.9 Å². The second kappa shape index (κ2) is 3.06. The molecule has 0 saturated carbocycles. The number of nitrogens with zero attached hydrogens (tertiary/aromatic N) is 2. The van der Waals surface area contributed by atoms with Crippen LogP contribution in [0.1, 0.15) is 12.8 Å². The predicted molar refractivity (Wildman–Crippen MR) is 51.6 cm³/mol. The first kappa shape index (κ1) is 9.15. The molecule has 0 unspecified atom stereocenters. The van der Waals surface area contributed by atoms with Crippen LogP contribution in [0.15, 0.2) is 0 Å². The summed E-state index contributed by atoms with van der Waals surface area (Å²) >= 11 is 4.26. The van der Waals surface area contributed by atoms with Crippen LogP contribution < -0.4 is 0 Å². The molecule has 1 spiro atoms. The fourth-order valence-corrected chi connectivity index (χ4v) is 2.15. The van der Waals surface area contributed by atoms with Crippen LogP contribution in [-0.2, 0) is 4.74 Å². The number of carbonyl (C=O) groups is 1. The zero-order valence-corrected chi connectivity index (χ0v) is 8.59. The van der Waals surface area contributed by atoms with E-state index < -0.39 is 0 Å². The maximum absolute atomic E-state index is 11.2. The Labute approximate surface area is 83.4 Å². The molecule has 0 aromatic rings. The van der Waals surface area contributed by atoms with Gasteiger partial charge in [0.05, 0.1) is 6.54 Å². The van der Waals surface area contributed by atoms with E-state index in [9.17, 15) is 4.79 Å². The second-order valence-electron chi connectivity index (χ2n) is 3.86. The Bertz CT molecular complexity index is 226. The highest BCUT2D eigenvalue weighted by Crippen LogP contribution is 2.32. The van der Waals surface area contributed by atoms with Gasteiger partial charge >= 0.3 is 6.09 Å². The van der Waals surface area contributed by atoms with E-state index in [1.54, 1.807) is 11.9 Å². The van der Waals surface area contributed by atoms with Gasteiger partial charge in [-0.3, -0.25) is 4.31 Å². The largest absolute Gasteiger partial charge is 0.441 e. The Kier molecular flexibility index (Phi) is 2.15. The van der Waals surface area contributed by atoms with Gasteiger partial charge in [0.1, 0.15) is 5.60 Å². The average Bonchev–Trinajstić information content (AvgIpc) is 2.36. The summed E-state index contributed by atoms with van der Waals surface area (Å²) < 4.78 is 7.35. The Morgan fingerprint density at radius 2 is 2.08 bits per heavy atom. The molecule has 0 aromatic heterocycles. The molecule has 0 N–H and O–H groups in total. The van der Waals surface area contributed by atoms with E-state index in [0.29, 0.717) is 0 Å². The molecule has 2 heterocycles. The number of amides is 1. The first-order valence-corrected chi connectivity index (χ1v) is 4.89. The highest BCUT2D eigenvalue weighted by Gasteiger charge is 2.45. The maximum atomic E-state index is 11.2. The third-order valence-electron chi connectivity index (χ3n) is 2.79. The van der Waals surface area contributed by atoms with Gasteiger partial charge in [-0.15, -0.1) is 0 Å². The molecule has 2 aliphatic heterocycles. The normalized spacial score (nSPS) is 28.2. The molecule has 74 valence electrons. The van der Waals surface area contributed by atoms with Crippen molar-refractivity contribution in [2.75, 3.05) is 26.7 Å². The van der Waals surface area contributed by atoms with E-state index in [1.165, 1.54) is 0 Å². The van der Waals surface area contributed by atoms with Crippen LogP contribution in [0.5, 0.6) is 0 Å². The lowest BCUT2D eigenvalue weighted by Gasteiger charge is -2.34. The maximum Gasteiger partial charge on any atom is 0.410 e. The van der Waals surface area contributed by atoms with Gasteiger partial charge in [-0.1, -0.05) is 12.8 Å². The Balaban J connectivity index is 2.03. The molecular formula is C8H14N2O2S. The van der Waals surface area contributed by atoms with Crippen molar-refractivity contribution in [1.82, 2.24) is 9.21 Å². The molecule has 0 radical (unpaired) electrons. The van der Waals surface area contributed by atoms with Crippen LogP contribution in [0.25, 0.3) is 0 Å². The van der Waals surface area contributed by atoms with Gasteiger partial charge in [0.15, 0.2) is 0 Å². The van der Waals surface area contributed by atoms with Gasteiger partial charge in [-0.25, -0.2) is 4.79 Å². The fraction of sp³-hybridized carbons (Fsp3) is 0.875. The number of thiol groups is 1. The van der Waals surface area contributed by atoms with Gasteiger partial charge < -0.3 is 9.64 Å². The van der Waals surface area contributed by atoms with Crippen molar-refractivity contribution in [2.24, 2.45) is 0 Å². The minimum Gasteiger partial charge on any atom is -0.441 e. The fourth-order valence-electron chi connectivity index (χ4n) is 1.95. The SMILES string of the molecule is CN1CC2(CCN(S)CC2)OC1=O. The topological polar surface area (TPSA) is 32.8 Å². The van der Waals surface area contributed by atoms with Crippen molar-refractivity contribution in [1.29, 1.82) is 0 Å². The molecular weight excluding hydrogens is 188 g/mol. The smallest absolute Gasteiger partial charge is 0.410 e. The van der Waals surface area contributed by atoms with Crippen molar-refractivity contribution < 1.29 is 9.53 Å². The number of rotatable bonds is 0. The van der Waals surface area contributed by atoms with Crippen LogP contribution in [0.3, 0.4) is 0 Å². The van der Waals surface area contributed by atoms with E-state index in [-0.39, 0.29) is 11.7 Å². The Morgan fingerprint density at radius 1 is 1.46 bits per heavy atom. The minimum atomic E-state index is -0.217. The van der Waals surface area contributed by atoms with Crippen LogP contribution in [-0.4, -0.2) is 47.6 Å². The van der Waals surface area contributed by atoms with E-state index in [1.807, 2.05) is 4.31 Å². The quantitative estimate of drug-likeness (QED) is 0.588. The van der Waals surface area contributed by atoms with Crippen LogP contribution in [0.2, 0.25) is 0 Å². The summed E-state index contributed by atoms with van der Waals surface area (Å²) in [6, 6.07) is 0. The number of ether oxygens (including phenoxy) is 1. The minimum absolute atomic E-state index is 0.187. The molecule has 0 aromatic carbocycles. The second-order valence-corrected chi connectivity index (χ2v) is 4.43. The molecule has 0 bridgehead atoms. The first-order valence-electron chi connectivity index (χ1n) is 4.49. The van der Waals surface area contributed by atoms with Crippen molar-refractivity contribution in [3.05, 3.63) is 0 Å². The van der Waals surface area contributed by atoms with Gasteiger partial charge in [-0.05, 0) is 0 Å². The van der Waals surface area contributed by atoms with E-state index in [2.05, 4.69) is 12.8 Å². The third kappa shape index (κ3) is 1.62. The number of carbonyl (C=O) groups excluding carboxylic acids is 1. The molecule has 13 heavy (non-hydrogen) atoms. The molecule has 0 atom stereocenters. The summed E-state index contributed by atoms with van der Waals surface area (Å²) in [5, 5.41) is 0. The third-order valence-corrected chi connectivity index (χ3v) is 3.19. The van der Waals surface area contributed by atoms with E-state index in [4.69, 9.17) is 4.74 Å². The summed E-state index contributed by atoms with van der Waals surface area (Å²) in [4.78, 5) is 12.8. The van der Waals surface area contributed by atoms with Gasteiger partial charge in [0, 0.05) is 33.0 Å². The van der Waals surface area contributed by atoms with Crippen molar-refractivity contribution in [3.8, 4) is 0 Å². The lowest BCUT2D eigenvalue weighted by atomic mass is 9.92. The molecule has 0 aliphatic carbocycles. The predicted octanol–water partition coefficient (Wildman–Crippen LogP) is 0.748. The van der Waals surface area contributed by atoms with Gasteiger partial charge in [0.2, 0.25) is 0 Å². The van der Waals surface area contributed by atoms with E-state index in [0.717, 1.165) is 32.5 Å². The zero-order chi connectivity index (χ0) is 9.47. The van der Waals surface area contributed by atoms with Crippen molar-refractivity contribution in [2.45, 2.75) is 18.4 Å². The lowest BCUT2D eigenvalue weighted by molar-refractivity contribution is 0.0191. The Hall–Kier alpha value is -0.420. The van der Waals surface area contributed by atoms with Crippen LogP contribution >= 0.6 is 12.8 Å². The summed E-state index contributed by atoms with van der Waals surface area (Å²) in [6.45, 7) is 2.52. The molecule has 2 fully saturated rings. The monoisotopic (exact) mass is 202 g/mol. The van der Waals surface area contributed by atoms with Gasteiger partial charge in [0.25, 0.3) is 0 Å². The molecule has 2 rings (SSSR count). The lowest BCUT2D eigenvalue weighted by Crippen LogP contribution is -2.43. The summed E-state index contributed by atoms with van der Waals surface area (Å²) in [5.74, 6) is 0. The summed E-state index contributed by atoms with van der Waals surface area (Å²) in [7, 11) is 1.78. The number of hydrogen-bond donors (Lipinski definition) is 1. The standard InChI is InChI=1S/C8H14N2O2S/c1-9-6-8(12-7(9)11)2-4-10(13)5-3-8/h13H,2-6H2,1H3. The number of likely N-dealkylation sites (N-methyl/N-ethyl adjacent to an activating group) is 1. The van der Waals surface area contributed by atoms with Crippen molar-refractivity contribution in [3.63, 3.8) is 0 Å². The first-order chi connectivity index (χ1) is 6.11. The van der Waals surface area contributed by atoms with Crippen LogP contribution in [0, 0.1) is 0 Å².